The summed E-state index contributed by atoms with van der Waals surface area (Å²) in [6.45, 7) is 6.15. The average Bonchev–Trinajstić information content (AvgIpc) is 2.46. The van der Waals surface area contributed by atoms with E-state index < -0.39 is 0 Å². The molecule has 1 aromatic heterocycles. The van der Waals surface area contributed by atoms with Gasteiger partial charge in [0.15, 0.2) is 0 Å². The lowest BCUT2D eigenvalue weighted by Gasteiger charge is -2.30. The Bertz CT molecular complexity index is 464. The van der Waals surface area contributed by atoms with Gasteiger partial charge in [-0.15, -0.1) is 5.01 Å². The first-order valence-electron chi connectivity index (χ1n) is 6.50. The Morgan fingerprint density at radius 1 is 1.45 bits per heavy atom. The van der Waals surface area contributed by atoms with Crippen LogP contribution in [0.1, 0.15) is 13.3 Å². The van der Waals surface area contributed by atoms with Gasteiger partial charge < -0.3 is 5.21 Å². The fraction of sp³-hybridized carbons (Fsp3) is 0.636. The van der Waals surface area contributed by atoms with E-state index in [4.69, 9.17) is 16.4 Å². The highest BCUT2D eigenvalue weighted by atomic mass is 35.5. The first kappa shape index (κ1) is 14.7. The van der Waals surface area contributed by atoms with Crippen molar-refractivity contribution in [3.8, 4) is 5.88 Å². The van der Waals surface area contributed by atoms with Crippen molar-refractivity contribution < 1.29 is 9.81 Å². The Hall–Kier alpha value is -1.67. The Morgan fingerprint density at radius 2 is 2.20 bits per heavy atom. The summed E-state index contributed by atoms with van der Waals surface area (Å²) < 4.78 is 0. The largest absolute Gasteiger partial charge is 0.569 e. The lowest BCUT2D eigenvalue weighted by molar-refractivity contribution is -0.709. The van der Waals surface area contributed by atoms with Crippen LogP contribution in [0.15, 0.2) is 17.5 Å². The highest BCUT2D eigenvalue weighted by molar-refractivity contribution is 6.28. The second-order valence-electron chi connectivity index (χ2n) is 4.38. The number of hydrogen-bond donors (Lipinski definition) is 0. The molecule has 20 heavy (non-hydrogen) atoms. The second-order valence-corrected chi connectivity index (χ2v) is 4.72. The van der Waals surface area contributed by atoms with Crippen LogP contribution in [0.2, 0.25) is 5.28 Å². The molecular formula is C11H17ClN6O2. The van der Waals surface area contributed by atoms with Crippen molar-refractivity contribution in [2.75, 3.05) is 32.7 Å². The van der Waals surface area contributed by atoms with Gasteiger partial charge in [0.05, 0.1) is 18.1 Å². The molecule has 0 unspecified atom stereocenters. The molecule has 0 N–H and O–H groups in total. The molecule has 1 fully saturated rings. The topological polar surface area (TPSA) is 79.9 Å². The first-order chi connectivity index (χ1) is 9.69. The number of rotatable bonds is 5. The molecule has 0 bridgehead atoms. The van der Waals surface area contributed by atoms with Crippen LogP contribution in [0.4, 0.5) is 0 Å². The first-order valence-corrected chi connectivity index (χ1v) is 6.88. The Morgan fingerprint density at radius 3 is 2.85 bits per heavy atom. The van der Waals surface area contributed by atoms with E-state index in [2.05, 4.69) is 27.1 Å². The van der Waals surface area contributed by atoms with Gasteiger partial charge in [-0.3, -0.25) is 9.74 Å². The van der Waals surface area contributed by atoms with E-state index in [0.717, 1.165) is 26.1 Å². The van der Waals surface area contributed by atoms with E-state index in [-0.39, 0.29) is 11.2 Å². The quantitative estimate of drug-likeness (QED) is 0.353. The molecule has 1 aromatic rings. The van der Waals surface area contributed by atoms with Gasteiger partial charge in [0.1, 0.15) is 0 Å². The van der Waals surface area contributed by atoms with Crippen LogP contribution in [-0.2, 0) is 0 Å². The standard InChI is InChI=1S/C11H17ClN6O2/c1-2-5-16-6-8-17(9-7-16)18(19)15-20-10-3-4-13-11(12)14-10/h3-4H,2,5-9H2,1H3/b18-15-. The zero-order valence-electron chi connectivity index (χ0n) is 11.3. The maximum absolute atomic E-state index is 11.8. The van der Waals surface area contributed by atoms with Gasteiger partial charge in [0.25, 0.3) is 5.88 Å². The van der Waals surface area contributed by atoms with Crippen molar-refractivity contribution in [3.05, 3.63) is 22.8 Å². The van der Waals surface area contributed by atoms with Gasteiger partial charge in [0, 0.05) is 25.4 Å². The molecule has 1 aliphatic rings. The molecule has 0 spiro atoms. The molecule has 1 aliphatic heterocycles. The Kier molecular flexibility index (Phi) is 5.31. The SMILES string of the molecule is CCCN1CCN(/[N+]([O-])=N/Oc2ccnc(Cl)n2)CC1. The number of aromatic nitrogens is 2. The number of piperazine rings is 1. The lowest BCUT2D eigenvalue weighted by Crippen LogP contribution is -2.48. The zero-order valence-corrected chi connectivity index (χ0v) is 12.0. The predicted octanol–water partition coefficient (Wildman–Crippen LogP) is 1.33. The van der Waals surface area contributed by atoms with Crippen molar-refractivity contribution in [1.29, 1.82) is 0 Å². The van der Waals surface area contributed by atoms with Crippen LogP contribution in [0.3, 0.4) is 0 Å². The monoisotopic (exact) mass is 300 g/mol. The molecule has 0 aromatic carbocycles. The van der Waals surface area contributed by atoms with Gasteiger partial charge >= 0.3 is 0 Å². The van der Waals surface area contributed by atoms with E-state index in [1.165, 1.54) is 12.3 Å². The minimum absolute atomic E-state index is 0.0447. The Balaban J connectivity index is 1.85. The summed E-state index contributed by atoms with van der Waals surface area (Å²) >= 11 is 5.60. The minimum Gasteiger partial charge on any atom is -0.569 e. The molecule has 0 aliphatic carbocycles. The van der Waals surface area contributed by atoms with Crippen LogP contribution in [0.25, 0.3) is 0 Å². The summed E-state index contributed by atoms with van der Waals surface area (Å²) in [6.07, 6.45) is 2.54. The van der Waals surface area contributed by atoms with Gasteiger partial charge in [-0.2, -0.15) is 4.98 Å². The van der Waals surface area contributed by atoms with Gasteiger partial charge in [0.2, 0.25) is 10.6 Å². The number of hydrazine groups is 1. The molecule has 2 rings (SSSR count). The van der Waals surface area contributed by atoms with Gasteiger partial charge in [-0.25, -0.2) is 4.98 Å². The molecule has 0 radical (unpaired) electrons. The zero-order chi connectivity index (χ0) is 14.4. The summed E-state index contributed by atoms with van der Waals surface area (Å²) in [6, 6.07) is 1.47. The molecule has 0 atom stereocenters. The molecule has 1 saturated heterocycles. The number of halogens is 1. The van der Waals surface area contributed by atoms with E-state index in [9.17, 15) is 5.21 Å². The highest BCUT2D eigenvalue weighted by Gasteiger charge is 2.21. The smallest absolute Gasteiger partial charge is 0.259 e. The summed E-state index contributed by atoms with van der Waals surface area (Å²) in [5.74, 6) is 0.135. The fourth-order valence-corrected chi connectivity index (χ4v) is 2.09. The maximum atomic E-state index is 11.8. The lowest BCUT2D eigenvalue weighted by atomic mass is 10.3. The van der Waals surface area contributed by atoms with E-state index >= 15 is 0 Å². The van der Waals surface area contributed by atoms with Crippen LogP contribution in [0, 0.1) is 5.21 Å². The van der Waals surface area contributed by atoms with Gasteiger partial charge in [-0.05, 0) is 24.6 Å². The minimum atomic E-state index is 0.0447. The van der Waals surface area contributed by atoms with Crippen LogP contribution in [0.5, 0.6) is 5.88 Å². The van der Waals surface area contributed by atoms with Crippen molar-refractivity contribution >= 4 is 11.6 Å². The van der Waals surface area contributed by atoms with Crippen LogP contribution >= 0.6 is 11.6 Å². The van der Waals surface area contributed by atoms with E-state index in [0.29, 0.717) is 18.1 Å². The molecular weight excluding hydrogens is 284 g/mol. The summed E-state index contributed by atoms with van der Waals surface area (Å²) in [4.78, 5) is 15.2. The molecule has 9 heteroatoms. The van der Waals surface area contributed by atoms with Crippen molar-refractivity contribution in [2.24, 2.45) is 5.28 Å². The molecule has 0 amide bonds. The molecule has 110 valence electrons. The Labute approximate surface area is 122 Å². The molecule has 0 saturated carbocycles. The summed E-state index contributed by atoms with van der Waals surface area (Å²) in [7, 11) is 0. The number of hydrogen-bond acceptors (Lipinski definition) is 6. The van der Waals surface area contributed by atoms with Gasteiger partial charge in [-0.1, -0.05) is 6.92 Å². The third kappa shape index (κ3) is 4.17. The van der Waals surface area contributed by atoms with Crippen molar-refractivity contribution in [3.63, 3.8) is 0 Å². The molecule has 8 nitrogen and oxygen atoms in total. The second kappa shape index (κ2) is 7.20. The third-order valence-electron chi connectivity index (χ3n) is 2.94. The van der Waals surface area contributed by atoms with Crippen molar-refractivity contribution in [2.45, 2.75) is 13.3 Å². The summed E-state index contributed by atoms with van der Waals surface area (Å²) in [5.41, 5.74) is 0. The fourth-order valence-electron chi connectivity index (χ4n) is 1.95. The number of nitrogens with zero attached hydrogens (tertiary/aromatic N) is 6. The van der Waals surface area contributed by atoms with Crippen LogP contribution in [-0.4, -0.2) is 57.6 Å². The molecule has 2 heterocycles. The predicted molar refractivity (Wildman–Crippen MR) is 72.0 cm³/mol. The maximum Gasteiger partial charge on any atom is 0.259 e. The van der Waals surface area contributed by atoms with E-state index in [1.54, 1.807) is 5.01 Å². The van der Waals surface area contributed by atoms with Crippen LogP contribution < -0.4 is 4.84 Å². The normalized spacial score (nSPS) is 17.3. The van der Waals surface area contributed by atoms with E-state index in [1.807, 2.05) is 0 Å². The average molecular weight is 301 g/mol. The highest BCUT2D eigenvalue weighted by Crippen LogP contribution is 2.09. The summed E-state index contributed by atoms with van der Waals surface area (Å²) in [5, 5.41) is 16.9. The van der Waals surface area contributed by atoms with Crippen molar-refractivity contribution in [1.82, 2.24) is 19.9 Å². The third-order valence-corrected chi connectivity index (χ3v) is 3.12.